The van der Waals surface area contributed by atoms with Crippen molar-refractivity contribution in [3.05, 3.63) is 25.6 Å². The molecule has 0 spiro atoms. The summed E-state index contributed by atoms with van der Waals surface area (Å²) in [6, 6.07) is 0. The van der Waals surface area contributed by atoms with Gasteiger partial charge in [-0.15, -0.1) is 16.4 Å². The molecule has 7 heteroatoms. The van der Waals surface area contributed by atoms with Crippen LogP contribution < -0.4 is 5.56 Å². The summed E-state index contributed by atoms with van der Waals surface area (Å²) in [5, 5.41) is 7.86. The Morgan fingerprint density at radius 3 is 2.83 bits per heavy atom. The lowest BCUT2D eigenvalue weighted by molar-refractivity contribution is 0.218. The van der Waals surface area contributed by atoms with E-state index in [4.69, 9.17) is 12.2 Å². The molecule has 4 rings (SSSR count). The minimum absolute atomic E-state index is 0.0354. The molecule has 3 aromatic rings. The molecule has 1 aliphatic rings. The van der Waals surface area contributed by atoms with Crippen molar-refractivity contribution in [1.82, 2.24) is 19.2 Å². The van der Waals surface area contributed by atoms with Gasteiger partial charge in [0.2, 0.25) is 10.5 Å². The fourth-order valence-corrected chi connectivity index (χ4v) is 5.34. The number of hydrogen-bond donors (Lipinski definition) is 1. The molecule has 122 valence electrons. The minimum atomic E-state index is 0.0354. The Morgan fingerprint density at radius 2 is 2.13 bits per heavy atom. The zero-order valence-electron chi connectivity index (χ0n) is 13.8. The number of H-pyrrole nitrogens is 1. The molecule has 0 bridgehead atoms. The van der Waals surface area contributed by atoms with Crippen LogP contribution in [0.15, 0.2) is 4.79 Å². The Bertz CT molecular complexity index is 1040. The highest BCUT2D eigenvalue weighted by Gasteiger charge is 2.32. The number of thiophene rings is 1. The van der Waals surface area contributed by atoms with E-state index in [0.717, 1.165) is 29.5 Å². The Labute approximate surface area is 143 Å². The van der Waals surface area contributed by atoms with Crippen LogP contribution in [0, 0.1) is 16.1 Å². The van der Waals surface area contributed by atoms with Crippen molar-refractivity contribution in [3.63, 3.8) is 0 Å². The number of nitrogens with one attached hydrogen (secondary N) is 1. The summed E-state index contributed by atoms with van der Waals surface area (Å²) in [5.41, 5.74) is 1.56. The van der Waals surface area contributed by atoms with E-state index in [2.05, 4.69) is 31.0 Å². The smallest absolute Gasteiger partial charge is 0.263 e. The van der Waals surface area contributed by atoms with Crippen LogP contribution in [0.1, 0.15) is 37.6 Å². The van der Waals surface area contributed by atoms with Crippen LogP contribution in [-0.4, -0.2) is 19.2 Å². The molecule has 0 fully saturated rings. The lowest BCUT2D eigenvalue weighted by Crippen LogP contribution is -2.27. The Balaban J connectivity index is 2.06. The van der Waals surface area contributed by atoms with Crippen LogP contribution in [0.25, 0.3) is 16.0 Å². The molecular weight excluding hydrogens is 328 g/mol. The quantitative estimate of drug-likeness (QED) is 0.633. The molecule has 0 saturated carbocycles. The van der Waals surface area contributed by atoms with Crippen LogP contribution >= 0.6 is 23.6 Å². The van der Waals surface area contributed by atoms with E-state index < -0.39 is 0 Å². The molecule has 3 aromatic heterocycles. The van der Waals surface area contributed by atoms with Gasteiger partial charge < -0.3 is 0 Å². The second-order valence-electron chi connectivity index (χ2n) is 7.52. The predicted octanol–water partition coefficient (Wildman–Crippen LogP) is 3.46. The maximum Gasteiger partial charge on any atom is 0.263 e. The molecular formula is C16H20N4OS2. The van der Waals surface area contributed by atoms with Gasteiger partial charge in [0.15, 0.2) is 0 Å². The second-order valence-corrected chi connectivity index (χ2v) is 8.99. The van der Waals surface area contributed by atoms with Gasteiger partial charge in [-0.05, 0) is 48.4 Å². The summed E-state index contributed by atoms with van der Waals surface area (Å²) >= 11 is 7.09. The number of nitrogens with zero attached hydrogens (tertiary/aromatic N) is 3. The van der Waals surface area contributed by atoms with Gasteiger partial charge in [-0.25, -0.2) is 9.50 Å². The van der Waals surface area contributed by atoms with E-state index in [9.17, 15) is 4.79 Å². The summed E-state index contributed by atoms with van der Waals surface area (Å²) in [5.74, 6) is 1.23. The normalized spacial score (nSPS) is 18.7. The summed E-state index contributed by atoms with van der Waals surface area (Å²) in [6.45, 7) is 6.91. The summed E-state index contributed by atoms with van der Waals surface area (Å²) in [7, 11) is 1.76. The third-order valence-corrected chi connectivity index (χ3v) is 6.66. The number of rotatable bonds is 0. The van der Waals surface area contributed by atoms with E-state index in [1.54, 1.807) is 23.0 Å². The highest BCUT2D eigenvalue weighted by atomic mass is 32.1. The largest absolute Gasteiger partial charge is 0.279 e. The molecule has 1 N–H and O–H groups in total. The maximum absolute atomic E-state index is 12.8. The average molecular weight is 348 g/mol. The number of aryl methyl sites for hydroxylation is 2. The van der Waals surface area contributed by atoms with Gasteiger partial charge in [-0.3, -0.25) is 9.36 Å². The van der Waals surface area contributed by atoms with Gasteiger partial charge in [0, 0.05) is 11.9 Å². The average Bonchev–Trinajstić information content (AvgIpc) is 3.03. The molecule has 23 heavy (non-hydrogen) atoms. The van der Waals surface area contributed by atoms with E-state index >= 15 is 0 Å². The van der Waals surface area contributed by atoms with E-state index in [1.807, 2.05) is 4.40 Å². The molecule has 0 saturated heterocycles. The fraction of sp³-hybridized carbons (Fsp3) is 0.562. The molecule has 0 aromatic carbocycles. The number of aromatic amines is 1. The third-order valence-electron chi connectivity index (χ3n) is 5.15. The van der Waals surface area contributed by atoms with E-state index in [-0.39, 0.29) is 5.56 Å². The first kappa shape index (κ1) is 15.1. The highest BCUT2D eigenvalue weighted by Crippen LogP contribution is 2.42. The monoisotopic (exact) mass is 348 g/mol. The van der Waals surface area contributed by atoms with Gasteiger partial charge in [-0.2, -0.15) is 0 Å². The summed E-state index contributed by atoms with van der Waals surface area (Å²) < 4.78 is 4.05. The SMILES string of the molecule is Cn1c(=O)c2c3c(sc2n2c(=S)[nH]nc12)C[C@H](C(C)(C)C)CC3. The lowest BCUT2D eigenvalue weighted by Gasteiger charge is -2.33. The van der Waals surface area contributed by atoms with Crippen molar-refractivity contribution in [2.45, 2.75) is 40.0 Å². The predicted molar refractivity (Wildman–Crippen MR) is 96.0 cm³/mol. The van der Waals surface area contributed by atoms with Gasteiger partial charge >= 0.3 is 0 Å². The summed E-state index contributed by atoms with van der Waals surface area (Å²) in [6.07, 6.45) is 3.16. The van der Waals surface area contributed by atoms with Crippen molar-refractivity contribution in [2.24, 2.45) is 18.4 Å². The third kappa shape index (κ3) is 2.06. The zero-order valence-corrected chi connectivity index (χ0v) is 15.4. The van der Waals surface area contributed by atoms with Crippen LogP contribution in [0.2, 0.25) is 0 Å². The van der Waals surface area contributed by atoms with Crippen LogP contribution in [-0.2, 0) is 19.9 Å². The molecule has 0 amide bonds. The van der Waals surface area contributed by atoms with Crippen molar-refractivity contribution < 1.29 is 0 Å². The van der Waals surface area contributed by atoms with Gasteiger partial charge in [0.25, 0.3) is 5.56 Å². The first-order valence-corrected chi connectivity index (χ1v) is 9.12. The minimum Gasteiger partial charge on any atom is -0.279 e. The van der Waals surface area contributed by atoms with Gasteiger partial charge in [0.1, 0.15) is 4.83 Å². The standard InChI is InChI=1S/C16H20N4OS2/c1-16(2,3)8-5-6-9-10(7-8)23-13-11(9)12(21)19(4)14-17-18-15(22)20(13)14/h8H,5-7H2,1-4H3,(H,18,22)/t8-/m1/s1. The second kappa shape index (κ2) is 4.77. The van der Waals surface area contributed by atoms with Crippen molar-refractivity contribution in [2.75, 3.05) is 0 Å². The van der Waals surface area contributed by atoms with Gasteiger partial charge in [0.05, 0.1) is 5.39 Å². The zero-order chi connectivity index (χ0) is 16.5. The van der Waals surface area contributed by atoms with Crippen LogP contribution in [0.5, 0.6) is 0 Å². The molecule has 0 unspecified atom stereocenters. The number of hydrogen-bond acceptors (Lipinski definition) is 4. The molecule has 5 nitrogen and oxygen atoms in total. The molecule has 1 aliphatic carbocycles. The Kier molecular flexibility index (Phi) is 3.13. The molecule has 3 heterocycles. The van der Waals surface area contributed by atoms with E-state index in [1.165, 1.54) is 10.4 Å². The first-order chi connectivity index (χ1) is 10.8. The lowest BCUT2D eigenvalue weighted by atomic mass is 9.72. The number of aromatic nitrogens is 4. The van der Waals surface area contributed by atoms with E-state index in [0.29, 0.717) is 21.9 Å². The van der Waals surface area contributed by atoms with Crippen LogP contribution in [0.3, 0.4) is 0 Å². The Morgan fingerprint density at radius 1 is 1.39 bits per heavy atom. The molecule has 0 radical (unpaired) electrons. The van der Waals surface area contributed by atoms with Crippen molar-refractivity contribution >= 4 is 39.5 Å². The van der Waals surface area contributed by atoms with Crippen molar-refractivity contribution in [3.8, 4) is 0 Å². The first-order valence-electron chi connectivity index (χ1n) is 7.89. The topological polar surface area (TPSA) is 55.1 Å². The fourth-order valence-electron chi connectivity index (χ4n) is 3.64. The van der Waals surface area contributed by atoms with Crippen molar-refractivity contribution in [1.29, 1.82) is 0 Å². The van der Waals surface area contributed by atoms with Gasteiger partial charge in [-0.1, -0.05) is 20.8 Å². The Hall–Kier alpha value is -1.47. The summed E-state index contributed by atoms with van der Waals surface area (Å²) in [4.78, 5) is 15.1. The molecule has 0 aliphatic heterocycles. The maximum atomic E-state index is 12.8. The van der Waals surface area contributed by atoms with Crippen LogP contribution in [0.4, 0.5) is 0 Å². The molecule has 1 atom stereocenters. The highest BCUT2D eigenvalue weighted by molar-refractivity contribution is 7.71. The number of fused-ring (bicyclic) bond motifs is 5.